The molecule has 0 fully saturated rings. The molecule has 19 heavy (non-hydrogen) atoms. The minimum absolute atomic E-state index is 0.147. The Morgan fingerprint density at radius 2 is 2.16 bits per heavy atom. The molecular formula is C13H23N5O. The average molecular weight is 265 g/mol. The molecule has 0 aliphatic carbocycles. The van der Waals surface area contributed by atoms with Crippen LogP contribution in [-0.4, -0.2) is 54.5 Å². The SMILES string of the molecule is CCCCNC(=O)c1ccnc(NCCN(C)C)n1. The van der Waals surface area contributed by atoms with Crippen LogP contribution >= 0.6 is 0 Å². The maximum absolute atomic E-state index is 11.8. The second-order valence-corrected chi connectivity index (χ2v) is 4.60. The molecule has 0 aliphatic rings. The van der Waals surface area contributed by atoms with Crippen LogP contribution in [0.25, 0.3) is 0 Å². The van der Waals surface area contributed by atoms with Gasteiger partial charge in [-0.1, -0.05) is 13.3 Å². The van der Waals surface area contributed by atoms with E-state index in [9.17, 15) is 4.79 Å². The highest BCUT2D eigenvalue weighted by Gasteiger charge is 2.07. The van der Waals surface area contributed by atoms with Crippen molar-refractivity contribution in [2.45, 2.75) is 19.8 Å². The number of rotatable bonds is 8. The van der Waals surface area contributed by atoms with E-state index in [4.69, 9.17) is 0 Å². The van der Waals surface area contributed by atoms with Gasteiger partial charge in [-0.25, -0.2) is 9.97 Å². The van der Waals surface area contributed by atoms with Crippen molar-refractivity contribution in [2.75, 3.05) is 39.0 Å². The molecule has 0 spiro atoms. The molecule has 1 rings (SSSR count). The fourth-order valence-corrected chi connectivity index (χ4v) is 1.43. The summed E-state index contributed by atoms with van der Waals surface area (Å²) in [4.78, 5) is 22.2. The van der Waals surface area contributed by atoms with Gasteiger partial charge in [0.1, 0.15) is 5.69 Å². The van der Waals surface area contributed by atoms with Crippen molar-refractivity contribution in [2.24, 2.45) is 0 Å². The molecule has 0 aromatic carbocycles. The molecule has 6 heteroatoms. The van der Waals surface area contributed by atoms with E-state index in [1.54, 1.807) is 12.3 Å². The van der Waals surface area contributed by atoms with Crippen molar-refractivity contribution in [3.8, 4) is 0 Å². The van der Waals surface area contributed by atoms with Crippen LogP contribution in [0.3, 0.4) is 0 Å². The second-order valence-electron chi connectivity index (χ2n) is 4.60. The first-order chi connectivity index (χ1) is 9.13. The summed E-state index contributed by atoms with van der Waals surface area (Å²) in [5.74, 6) is 0.344. The second kappa shape index (κ2) is 8.42. The number of anilines is 1. The van der Waals surface area contributed by atoms with Gasteiger partial charge in [0.05, 0.1) is 0 Å². The van der Waals surface area contributed by atoms with Gasteiger partial charge in [0.25, 0.3) is 5.91 Å². The van der Waals surface area contributed by atoms with Crippen molar-refractivity contribution in [1.29, 1.82) is 0 Å². The summed E-state index contributed by atoms with van der Waals surface area (Å²) in [6, 6.07) is 1.62. The van der Waals surface area contributed by atoms with Crippen molar-refractivity contribution in [3.63, 3.8) is 0 Å². The molecule has 0 saturated heterocycles. The number of carbonyl (C=O) groups is 1. The fourth-order valence-electron chi connectivity index (χ4n) is 1.43. The van der Waals surface area contributed by atoms with E-state index in [2.05, 4.69) is 32.4 Å². The van der Waals surface area contributed by atoms with E-state index in [0.29, 0.717) is 18.2 Å². The van der Waals surface area contributed by atoms with Crippen molar-refractivity contribution in [1.82, 2.24) is 20.2 Å². The molecule has 0 bridgehead atoms. The van der Waals surface area contributed by atoms with E-state index in [-0.39, 0.29) is 5.91 Å². The lowest BCUT2D eigenvalue weighted by Gasteiger charge is -2.10. The molecular weight excluding hydrogens is 242 g/mol. The Hall–Kier alpha value is -1.69. The number of unbranched alkanes of at least 4 members (excludes halogenated alkanes) is 1. The van der Waals surface area contributed by atoms with Crippen molar-refractivity contribution in [3.05, 3.63) is 18.0 Å². The number of nitrogens with zero attached hydrogens (tertiary/aromatic N) is 3. The van der Waals surface area contributed by atoms with Gasteiger partial charge < -0.3 is 15.5 Å². The maximum atomic E-state index is 11.8. The summed E-state index contributed by atoms with van der Waals surface area (Å²) in [5, 5.41) is 5.93. The Morgan fingerprint density at radius 3 is 2.84 bits per heavy atom. The smallest absolute Gasteiger partial charge is 0.270 e. The van der Waals surface area contributed by atoms with Crippen LogP contribution in [0.1, 0.15) is 30.3 Å². The average Bonchev–Trinajstić information content (AvgIpc) is 2.39. The van der Waals surface area contributed by atoms with E-state index in [1.807, 2.05) is 14.1 Å². The molecule has 1 heterocycles. The highest BCUT2D eigenvalue weighted by atomic mass is 16.1. The Balaban J connectivity index is 2.48. The predicted octanol–water partition coefficient (Wildman–Crippen LogP) is 0.980. The lowest BCUT2D eigenvalue weighted by Crippen LogP contribution is -2.26. The predicted molar refractivity (Wildman–Crippen MR) is 76.3 cm³/mol. The summed E-state index contributed by atoms with van der Waals surface area (Å²) in [6.07, 6.45) is 3.63. The number of amides is 1. The van der Waals surface area contributed by atoms with Crippen LogP contribution in [0, 0.1) is 0 Å². The van der Waals surface area contributed by atoms with Gasteiger partial charge in [-0.2, -0.15) is 0 Å². The lowest BCUT2D eigenvalue weighted by atomic mass is 10.3. The summed E-state index contributed by atoms with van der Waals surface area (Å²) >= 11 is 0. The molecule has 2 N–H and O–H groups in total. The van der Waals surface area contributed by atoms with Crippen LogP contribution in [0.2, 0.25) is 0 Å². The number of hydrogen-bond acceptors (Lipinski definition) is 5. The first-order valence-corrected chi connectivity index (χ1v) is 6.63. The molecule has 1 amide bonds. The summed E-state index contributed by atoms with van der Waals surface area (Å²) in [7, 11) is 4.00. The van der Waals surface area contributed by atoms with Crippen molar-refractivity contribution >= 4 is 11.9 Å². The first kappa shape index (κ1) is 15.4. The zero-order chi connectivity index (χ0) is 14.1. The first-order valence-electron chi connectivity index (χ1n) is 6.63. The third-order valence-electron chi connectivity index (χ3n) is 2.55. The van der Waals surface area contributed by atoms with Crippen molar-refractivity contribution < 1.29 is 4.79 Å². The third kappa shape index (κ3) is 6.15. The standard InChI is InChI=1S/C13H23N5O/c1-4-5-7-14-12(19)11-6-8-15-13(17-11)16-9-10-18(2)3/h6,8H,4-5,7,9-10H2,1-3H3,(H,14,19)(H,15,16,17). The van der Waals surface area contributed by atoms with E-state index >= 15 is 0 Å². The minimum Gasteiger partial charge on any atom is -0.353 e. The third-order valence-corrected chi connectivity index (χ3v) is 2.55. The number of nitrogens with one attached hydrogen (secondary N) is 2. The van der Waals surface area contributed by atoms with Gasteiger partial charge in [0, 0.05) is 25.8 Å². The van der Waals surface area contributed by atoms with E-state index < -0.39 is 0 Å². The topological polar surface area (TPSA) is 70.2 Å². The number of carbonyl (C=O) groups excluding carboxylic acids is 1. The molecule has 6 nitrogen and oxygen atoms in total. The van der Waals surface area contributed by atoms with Gasteiger partial charge in [0.2, 0.25) is 5.95 Å². The Morgan fingerprint density at radius 1 is 1.37 bits per heavy atom. The van der Waals surface area contributed by atoms with Crippen LogP contribution in [-0.2, 0) is 0 Å². The number of hydrogen-bond donors (Lipinski definition) is 2. The molecule has 0 unspecified atom stereocenters. The molecule has 0 aliphatic heterocycles. The van der Waals surface area contributed by atoms with Crippen LogP contribution in [0.5, 0.6) is 0 Å². The van der Waals surface area contributed by atoms with Gasteiger partial charge in [-0.15, -0.1) is 0 Å². The highest BCUT2D eigenvalue weighted by Crippen LogP contribution is 2.00. The monoisotopic (exact) mass is 265 g/mol. The molecule has 0 saturated carbocycles. The fraction of sp³-hybridized carbons (Fsp3) is 0.615. The molecule has 0 radical (unpaired) electrons. The Bertz CT molecular complexity index is 394. The quantitative estimate of drug-likeness (QED) is 0.686. The van der Waals surface area contributed by atoms with Gasteiger partial charge in [-0.3, -0.25) is 4.79 Å². The maximum Gasteiger partial charge on any atom is 0.270 e. The largest absolute Gasteiger partial charge is 0.353 e. The molecule has 0 atom stereocenters. The molecule has 106 valence electrons. The van der Waals surface area contributed by atoms with Crippen LogP contribution in [0.15, 0.2) is 12.3 Å². The summed E-state index contributed by atoms with van der Waals surface area (Å²) < 4.78 is 0. The van der Waals surface area contributed by atoms with E-state index in [0.717, 1.165) is 25.9 Å². The van der Waals surface area contributed by atoms with E-state index in [1.165, 1.54) is 0 Å². The lowest BCUT2D eigenvalue weighted by molar-refractivity contribution is 0.0948. The summed E-state index contributed by atoms with van der Waals surface area (Å²) in [5.41, 5.74) is 0.401. The zero-order valence-electron chi connectivity index (χ0n) is 11.9. The number of aromatic nitrogens is 2. The van der Waals surface area contributed by atoms with Crippen LogP contribution in [0.4, 0.5) is 5.95 Å². The van der Waals surface area contributed by atoms with Crippen LogP contribution < -0.4 is 10.6 Å². The zero-order valence-corrected chi connectivity index (χ0v) is 11.9. The normalized spacial score (nSPS) is 10.5. The van der Waals surface area contributed by atoms with Gasteiger partial charge in [0.15, 0.2) is 0 Å². The number of likely N-dealkylation sites (N-methyl/N-ethyl adjacent to an activating group) is 1. The Labute approximate surface area is 114 Å². The summed E-state index contributed by atoms with van der Waals surface area (Å²) in [6.45, 7) is 4.40. The molecule has 1 aromatic rings. The minimum atomic E-state index is -0.147. The Kier molecular flexibility index (Phi) is 6.81. The highest BCUT2D eigenvalue weighted by molar-refractivity contribution is 5.92. The molecule has 1 aromatic heterocycles. The van der Waals surface area contributed by atoms with Gasteiger partial charge in [-0.05, 0) is 26.6 Å². The van der Waals surface area contributed by atoms with Gasteiger partial charge >= 0.3 is 0 Å².